The van der Waals surface area contributed by atoms with Gasteiger partial charge in [0.05, 0.1) is 5.02 Å². The minimum atomic E-state index is -0.533. The van der Waals surface area contributed by atoms with Gasteiger partial charge in [0, 0.05) is 29.8 Å². The molecule has 3 unspecified atom stereocenters. The van der Waals surface area contributed by atoms with Crippen molar-refractivity contribution < 1.29 is 14.0 Å². The van der Waals surface area contributed by atoms with Crippen molar-refractivity contribution in [3.05, 3.63) is 70.5 Å². The van der Waals surface area contributed by atoms with Gasteiger partial charge in [0.15, 0.2) is 0 Å². The summed E-state index contributed by atoms with van der Waals surface area (Å²) in [5.74, 6) is -0.499. The van der Waals surface area contributed by atoms with Crippen molar-refractivity contribution in [3.8, 4) is 0 Å². The van der Waals surface area contributed by atoms with E-state index < -0.39 is 5.82 Å². The summed E-state index contributed by atoms with van der Waals surface area (Å²) in [6, 6.07) is 13.4. The Morgan fingerprint density at radius 2 is 1.85 bits per heavy atom. The lowest BCUT2D eigenvalue weighted by Crippen LogP contribution is -2.47. The zero-order valence-corrected chi connectivity index (χ0v) is 14.7. The molecular weight excluding hydrogens is 355 g/mol. The normalized spacial score (nSPS) is 23.9. The molecular formula is C20H18ClFN2O2. The number of amides is 2. The lowest BCUT2D eigenvalue weighted by molar-refractivity contribution is 0.0679. The molecule has 26 heavy (non-hydrogen) atoms. The first-order valence-electron chi connectivity index (χ1n) is 8.65. The number of rotatable bonds is 3. The van der Waals surface area contributed by atoms with Crippen molar-refractivity contribution in [3.63, 3.8) is 0 Å². The molecule has 1 saturated carbocycles. The third kappa shape index (κ3) is 3.07. The number of likely N-dealkylation sites (tertiary alicyclic amines) is 1. The van der Waals surface area contributed by atoms with Crippen LogP contribution in [0.1, 0.15) is 33.6 Å². The van der Waals surface area contributed by atoms with Crippen LogP contribution in [0.25, 0.3) is 0 Å². The van der Waals surface area contributed by atoms with Gasteiger partial charge in [0.25, 0.3) is 11.8 Å². The van der Waals surface area contributed by atoms with Crippen LogP contribution >= 0.6 is 11.6 Å². The summed E-state index contributed by atoms with van der Waals surface area (Å²) >= 11 is 5.79. The van der Waals surface area contributed by atoms with Gasteiger partial charge >= 0.3 is 0 Å². The number of hydrogen-bond acceptors (Lipinski definition) is 2. The van der Waals surface area contributed by atoms with E-state index in [1.807, 2.05) is 23.1 Å². The molecule has 0 spiro atoms. The lowest BCUT2D eigenvalue weighted by atomic mass is 10.0. The number of fused-ring (bicyclic) bond motifs is 2. The lowest BCUT2D eigenvalue weighted by Gasteiger charge is -2.32. The first-order valence-corrected chi connectivity index (χ1v) is 9.02. The van der Waals surface area contributed by atoms with Gasteiger partial charge in [-0.3, -0.25) is 9.59 Å². The van der Waals surface area contributed by atoms with E-state index in [4.69, 9.17) is 11.6 Å². The Morgan fingerprint density at radius 3 is 2.50 bits per heavy atom. The number of hydrogen-bond donors (Lipinski definition) is 1. The summed E-state index contributed by atoms with van der Waals surface area (Å²) in [7, 11) is 0. The van der Waals surface area contributed by atoms with E-state index in [9.17, 15) is 14.0 Å². The van der Waals surface area contributed by atoms with E-state index in [0.29, 0.717) is 17.7 Å². The Bertz CT molecular complexity index is 858. The highest BCUT2D eigenvalue weighted by Crippen LogP contribution is 2.39. The minimum absolute atomic E-state index is 0.0480. The van der Waals surface area contributed by atoms with E-state index in [-0.39, 0.29) is 34.8 Å². The smallest absolute Gasteiger partial charge is 0.254 e. The Morgan fingerprint density at radius 1 is 1.08 bits per heavy atom. The zero-order chi connectivity index (χ0) is 18.3. The van der Waals surface area contributed by atoms with Crippen LogP contribution in [-0.4, -0.2) is 35.3 Å². The van der Waals surface area contributed by atoms with Crippen LogP contribution in [0, 0.1) is 11.7 Å². The maximum atomic E-state index is 13.3. The molecule has 6 heteroatoms. The van der Waals surface area contributed by atoms with Crippen molar-refractivity contribution in [2.75, 3.05) is 6.54 Å². The highest BCUT2D eigenvalue weighted by Gasteiger charge is 2.47. The Kier molecular flexibility index (Phi) is 4.41. The molecule has 2 fully saturated rings. The van der Waals surface area contributed by atoms with Crippen LogP contribution < -0.4 is 5.32 Å². The van der Waals surface area contributed by atoms with Crippen molar-refractivity contribution >= 4 is 23.4 Å². The molecule has 1 heterocycles. The zero-order valence-electron chi connectivity index (χ0n) is 14.0. The summed E-state index contributed by atoms with van der Waals surface area (Å²) in [4.78, 5) is 26.9. The van der Waals surface area contributed by atoms with Gasteiger partial charge in [0.1, 0.15) is 5.82 Å². The number of piperidine rings is 1. The molecule has 0 aromatic heterocycles. The number of benzene rings is 2. The fourth-order valence-corrected chi connectivity index (χ4v) is 4.20. The molecule has 1 saturated heterocycles. The van der Waals surface area contributed by atoms with E-state index in [1.165, 1.54) is 18.2 Å². The van der Waals surface area contributed by atoms with Crippen molar-refractivity contribution in [1.29, 1.82) is 0 Å². The van der Waals surface area contributed by atoms with Crippen LogP contribution in [0.4, 0.5) is 4.39 Å². The van der Waals surface area contributed by atoms with Gasteiger partial charge < -0.3 is 10.2 Å². The van der Waals surface area contributed by atoms with Crippen molar-refractivity contribution in [1.82, 2.24) is 10.2 Å². The Labute approximate surface area is 155 Å². The van der Waals surface area contributed by atoms with Crippen LogP contribution in [0.3, 0.4) is 0 Å². The van der Waals surface area contributed by atoms with Gasteiger partial charge in [-0.15, -0.1) is 0 Å². The fourth-order valence-electron chi connectivity index (χ4n) is 4.02. The SMILES string of the molecule is O=C(NC1CC2CC1CN2C(=O)c1ccc(F)c(Cl)c1)c1ccccc1. The molecule has 2 amide bonds. The standard InChI is InChI=1S/C20H18ClFN2O2/c21-16-9-13(6-7-17(16)22)20(26)24-11-14-8-15(24)10-18(14)23-19(25)12-4-2-1-3-5-12/h1-7,9,14-15,18H,8,10-11H2,(H,23,25). The van der Waals surface area contributed by atoms with Gasteiger partial charge in [0.2, 0.25) is 0 Å². The molecule has 2 aromatic rings. The van der Waals surface area contributed by atoms with E-state index >= 15 is 0 Å². The predicted octanol–water partition coefficient (Wildman–Crippen LogP) is 3.51. The van der Waals surface area contributed by atoms with Crippen molar-refractivity contribution in [2.24, 2.45) is 5.92 Å². The van der Waals surface area contributed by atoms with Crippen LogP contribution in [-0.2, 0) is 0 Å². The second-order valence-electron chi connectivity index (χ2n) is 6.92. The van der Waals surface area contributed by atoms with Gasteiger partial charge in [-0.2, -0.15) is 0 Å². The number of carbonyl (C=O) groups excluding carboxylic acids is 2. The van der Waals surface area contributed by atoms with E-state index in [0.717, 1.165) is 12.8 Å². The molecule has 2 aromatic carbocycles. The highest BCUT2D eigenvalue weighted by molar-refractivity contribution is 6.31. The van der Waals surface area contributed by atoms with Crippen LogP contribution in [0.2, 0.25) is 5.02 Å². The van der Waals surface area contributed by atoms with Gasteiger partial charge in [-0.1, -0.05) is 29.8 Å². The number of halogens is 2. The third-order valence-electron chi connectivity index (χ3n) is 5.32. The molecule has 4 rings (SSSR count). The topological polar surface area (TPSA) is 49.4 Å². The van der Waals surface area contributed by atoms with Gasteiger partial charge in [-0.05, 0) is 49.1 Å². The number of carbonyl (C=O) groups is 2. The average molecular weight is 373 g/mol. The molecule has 2 bridgehead atoms. The third-order valence-corrected chi connectivity index (χ3v) is 5.61. The minimum Gasteiger partial charge on any atom is -0.349 e. The van der Waals surface area contributed by atoms with Crippen LogP contribution in [0.5, 0.6) is 0 Å². The maximum Gasteiger partial charge on any atom is 0.254 e. The second-order valence-corrected chi connectivity index (χ2v) is 7.32. The number of nitrogens with one attached hydrogen (secondary N) is 1. The predicted molar refractivity (Wildman–Crippen MR) is 96.7 cm³/mol. The Balaban J connectivity index is 1.41. The second kappa shape index (κ2) is 6.72. The van der Waals surface area contributed by atoms with E-state index in [1.54, 1.807) is 12.1 Å². The summed E-state index contributed by atoms with van der Waals surface area (Å²) < 4.78 is 13.3. The first-order chi connectivity index (χ1) is 12.5. The van der Waals surface area contributed by atoms with Crippen LogP contribution in [0.15, 0.2) is 48.5 Å². The average Bonchev–Trinajstić information content (AvgIpc) is 3.24. The molecule has 1 aliphatic heterocycles. The largest absolute Gasteiger partial charge is 0.349 e. The fraction of sp³-hybridized carbons (Fsp3) is 0.300. The van der Waals surface area contributed by atoms with E-state index in [2.05, 4.69) is 5.32 Å². The van der Waals surface area contributed by atoms with Gasteiger partial charge in [-0.25, -0.2) is 4.39 Å². The summed E-state index contributed by atoms with van der Waals surface area (Å²) in [6.07, 6.45) is 1.62. The summed E-state index contributed by atoms with van der Waals surface area (Å²) in [5, 5.41) is 3.05. The molecule has 0 radical (unpaired) electrons. The molecule has 1 N–H and O–H groups in total. The maximum absolute atomic E-state index is 13.3. The molecule has 2 aliphatic rings. The number of nitrogens with zero attached hydrogens (tertiary/aromatic N) is 1. The highest BCUT2D eigenvalue weighted by atomic mass is 35.5. The molecule has 1 aliphatic carbocycles. The van der Waals surface area contributed by atoms with Crippen molar-refractivity contribution in [2.45, 2.75) is 24.9 Å². The monoisotopic (exact) mass is 372 g/mol. The molecule has 4 nitrogen and oxygen atoms in total. The molecule has 134 valence electrons. The Hall–Kier alpha value is -2.40. The molecule has 3 atom stereocenters. The quantitative estimate of drug-likeness (QED) is 0.896. The summed E-state index contributed by atoms with van der Waals surface area (Å²) in [6.45, 7) is 0.595. The first kappa shape index (κ1) is 17.0. The summed E-state index contributed by atoms with van der Waals surface area (Å²) in [5.41, 5.74) is 1.04.